The number of rotatable bonds is 4. The molecule has 2 N–H and O–H groups in total. The summed E-state index contributed by atoms with van der Waals surface area (Å²) in [6.07, 6.45) is -5.87. The third kappa shape index (κ3) is 4.02. The van der Waals surface area contributed by atoms with Gasteiger partial charge < -0.3 is 10.4 Å². The Kier molecular flexibility index (Phi) is 4.59. The number of hydrogen-bond donors (Lipinski definition) is 2. The zero-order valence-electron chi connectivity index (χ0n) is 10.6. The summed E-state index contributed by atoms with van der Waals surface area (Å²) in [5, 5.41) is 13.2. The predicted octanol–water partition coefficient (Wildman–Crippen LogP) is 2.51. The summed E-state index contributed by atoms with van der Waals surface area (Å²) in [5.74, 6) is -0.690. The fraction of sp³-hybridized carbons (Fsp3) is 0.231. The molecular formula is C13H11F3N2O2S. The molecule has 1 aromatic carbocycles. The smallest absolute Gasteiger partial charge is 0.378 e. The number of aliphatic hydroxyl groups is 1. The minimum absolute atomic E-state index is 0.121. The highest BCUT2D eigenvalue weighted by molar-refractivity contribution is 7.09. The minimum Gasteiger partial charge on any atom is -0.378 e. The van der Waals surface area contributed by atoms with Crippen LogP contribution in [0.3, 0.4) is 0 Å². The van der Waals surface area contributed by atoms with Crippen LogP contribution in [-0.4, -0.2) is 16.0 Å². The molecule has 0 spiro atoms. The van der Waals surface area contributed by atoms with E-state index in [1.54, 1.807) is 30.3 Å². The molecule has 0 radical (unpaired) electrons. The van der Waals surface area contributed by atoms with Crippen molar-refractivity contribution in [1.29, 1.82) is 0 Å². The van der Waals surface area contributed by atoms with Crippen LogP contribution in [0.5, 0.6) is 0 Å². The molecule has 0 saturated carbocycles. The van der Waals surface area contributed by atoms with E-state index < -0.39 is 23.9 Å². The third-order valence-electron chi connectivity index (χ3n) is 2.62. The van der Waals surface area contributed by atoms with Crippen LogP contribution in [-0.2, 0) is 17.5 Å². The lowest BCUT2D eigenvalue weighted by Crippen LogP contribution is -2.28. The fourth-order valence-electron chi connectivity index (χ4n) is 1.57. The summed E-state index contributed by atoms with van der Waals surface area (Å²) in [4.78, 5) is 15.1. The molecule has 0 aliphatic carbocycles. The van der Waals surface area contributed by atoms with Crippen LogP contribution in [0.4, 0.5) is 13.2 Å². The van der Waals surface area contributed by atoms with Crippen molar-refractivity contribution in [2.45, 2.75) is 18.8 Å². The number of aromatic nitrogens is 1. The molecule has 1 heterocycles. The van der Waals surface area contributed by atoms with E-state index in [-0.39, 0.29) is 11.6 Å². The van der Waals surface area contributed by atoms with Crippen molar-refractivity contribution < 1.29 is 23.1 Å². The summed E-state index contributed by atoms with van der Waals surface area (Å²) in [5.41, 5.74) is -0.578. The van der Waals surface area contributed by atoms with Crippen molar-refractivity contribution in [3.63, 3.8) is 0 Å². The van der Waals surface area contributed by atoms with Crippen LogP contribution in [0.15, 0.2) is 35.7 Å². The average Bonchev–Trinajstić information content (AvgIpc) is 2.94. The molecule has 1 aromatic heterocycles. The number of hydrogen-bond acceptors (Lipinski definition) is 4. The van der Waals surface area contributed by atoms with Gasteiger partial charge in [0.15, 0.2) is 11.8 Å². The molecule has 0 saturated heterocycles. The molecule has 0 aliphatic heterocycles. The first-order valence-electron chi connectivity index (χ1n) is 5.90. The first kappa shape index (κ1) is 15.5. The van der Waals surface area contributed by atoms with Crippen molar-refractivity contribution in [2.75, 3.05) is 0 Å². The van der Waals surface area contributed by atoms with Gasteiger partial charge in [-0.1, -0.05) is 30.3 Å². The zero-order valence-corrected chi connectivity index (χ0v) is 11.4. The van der Waals surface area contributed by atoms with Gasteiger partial charge >= 0.3 is 6.18 Å². The van der Waals surface area contributed by atoms with Gasteiger partial charge in [-0.3, -0.25) is 4.79 Å². The Labute approximate surface area is 122 Å². The lowest BCUT2D eigenvalue weighted by Gasteiger charge is -2.10. The lowest BCUT2D eigenvalue weighted by atomic mass is 10.1. The second-order valence-corrected chi connectivity index (χ2v) is 5.10. The van der Waals surface area contributed by atoms with Crippen LogP contribution in [0.25, 0.3) is 0 Å². The Hall–Kier alpha value is -1.93. The van der Waals surface area contributed by atoms with E-state index in [2.05, 4.69) is 10.3 Å². The van der Waals surface area contributed by atoms with E-state index in [4.69, 9.17) is 0 Å². The molecule has 112 valence electrons. The van der Waals surface area contributed by atoms with Gasteiger partial charge in [0, 0.05) is 5.38 Å². The van der Waals surface area contributed by atoms with Gasteiger partial charge in [0.05, 0.1) is 6.54 Å². The summed E-state index contributed by atoms with van der Waals surface area (Å²) >= 11 is 0.798. The van der Waals surface area contributed by atoms with Crippen molar-refractivity contribution in [2.24, 2.45) is 0 Å². The van der Waals surface area contributed by atoms with E-state index in [1.165, 1.54) is 0 Å². The topological polar surface area (TPSA) is 62.2 Å². The number of thiazole rings is 1. The Morgan fingerprint density at radius 1 is 1.33 bits per heavy atom. The first-order valence-corrected chi connectivity index (χ1v) is 6.78. The van der Waals surface area contributed by atoms with Crippen LogP contribution in [0.1, 0.15) is 22.4 Å². The highest BCUT2D eigenvalue weighted by Gasteiger charge is 2.33. The largest absolute Gasteiger partial charge is 0.434 e. The molecule has 8 heteroatoms. The standard InChI is InChI=1S/C13H11F3N2O2S/c14-13(15,16)9-7-21-10(18-9)6-17-12(20)11(19)8-4-2-1-3-5-8/h1-5,7,11,19H,6H2,(H,17,20). The maximum Gasteiger partial charge on any atom is 0.434 e. The molecule has 1 amide bonds. The van der Waals surface area contributed by atoms with Crippen molar-refractivity contribution in [3.8, 4) is 0 Å². The summed E-state index contributed by atoms with van der Waals surface area (Å²) in [6.45, 7) is -0.163. The molecule has 0 aliphatic rings. The number of benzene rings is 1. The number of carbonyl (C=O) groups is 1. The van der Waals surface area contributed by atoms with Gasteiger partial charge in [-0.15, -0.1) is 11.3 Å². The number of amides is 1. The second kappa shape index (κ2) is 6.23. The maximum absolute atomic E-state index is 12.4. The highest BCUT2D eigenvalue weighted by Crippen LogP contribution is 2.29. The van der Waals surface area contributed by atoms with Gasteiger partial charge in [0.1, 0.15) is 5.01 Å². The molecule has 0 bridgehead atoms. The molecule has 2 rings (SSSR count). The molecule has 2 aromatic rings. The van der Waals surface area contributed by atoms with Crippen molar-refractivity contribution >= 4 is 17.2 Å². The van der Waals surface area contributed by atoms with E-state index in [1.807, 2.05) is 0 Å². The van der Waals surface area contributed by atoms with Crippen LogP contribution < -0.4 is 5.32 Å². The third-order valence-corrected chi connectivity index (χ3v) is 3.47. The highest BCUT2D eigenvalue weighted by atomic mass is 32.1. The monoisotopic (exact) mass is 316 g/mol. The van der Waals surface area contributed by atoms with Crippen molar-refractivity contribution in [1.82, 2.24) is 10.3 Å². The van der Waals surface area contributed by atoms with E-state index in [9.17, 15) is 23.1 Å². The maximum atomic E-state index is 12.4. The second-order valence-electron chi connectivity index (χ2n) is 4.16. The molecule has 1 atom stereocenters. The van der Waals surface area contributed by atoms with Gasteiger partial charge in [0.25, 0.3) is 5.91 Å². The van der Waals surface area contributed by atoms with Gasteiger partial charge in [-0.25, -0.2) is 4.98 Å². The SMILES string of the molecule is O=C(NCc1nc(C(F)(F)F)cs1)C(O)c1ccccc1. The quantitative estimate of drug-likeness (QED) is 0.911. The van der Waals surface area contributed by atoms with E-state index in [0.29, 0.717) is 5.56 Å². The van der Waals surface area contributed by atoms with Gasteiger partial charge in [-0.05, 0) is 5.56 Å². The Morgan fingerprint density at radius 2 is 2.00 bits per heavy atom. The lowest BCUT2D eigenvalue weighted by molar-refractivity contribution is -0.140. The van der Waals surface area contributed by atoms with Gasteiger partial charge in [-0.2, -0.15) is 13.2 Å². The predicted molar refractivity (Wildman–Crippen MR) is 70.4 cm³/mol. The molecule has 21 heavy (non-hydrogen) atoms. The number of nitrogens with one attached hydrogen (secondary N) is 1. The van der Waals surface area contributed by atoms with Crippen LogP contribution in [0.2, 0.25) is 0 Å². The fourth-order valence-corrected chi connectivity index (χ4v) is 2.31. The van der Waals surface area contributed by atoms with E-state index >= 15 is 0 Å². The Morgan fingerprint density at radius 3 is 2.57 bits per heavy atom. The zero-order chi connectivity index (χ0) is 15.5. The van der Waals surface area contributed by atoms with Gasteiger partial charge in [0.2, 0.25) is 0 Å². The number of halogens is 3. The average molecular weight is 316 g/mol. The minimum atomic E-state index is -4.50. The number of alkyl halides is 3. The number of carbonyl (C=O) groups excluding carboxylic acids is 1. The normalized spacial score (nSPS) is 13.0. The summed E-state index contributed by atoms with van der Waals surface area (Å²) in [6, 6.07) is 8.23. The molecule has 0 fully saturated rings. The summed E-state index contributed by atoms with van der Waals surface area (Å²) in [7, 11) is 0. The number of nitrogens with zero attached hydrogens (tertiary/aromatic N) is 1. The first-order chi connectivity index (χ1) is 9.88. The Bertz CT molecular complexity index is 613. The van der Waals surface area contributed by atoms with Crippen LogP contribution in [0, 0.1) is 0 Å². The number of aliphatic hydroxyl groups excluding tert-OH is 1. The van der Waals surface area contributed by atoms with Crippen molar-refractivity contribution in [3.05, 3.63) is 52.0 Å². The Balaban J connectivity index is 1.94. The molecule has 1 unspecified atom stereocenters. The molecular weight excluding hydrogens is 305 g/mol. The molecule has 4 nitrogen and oxygen atoms in total. The van der Waals surface area contributed by atoms with E-state index in [0.717, 1.165) is 16.7 Å². The van der Waals surface area contributed by atoms with Crippen LogP contribution >= 0.6 is 11.3 Å². The summed E-state index contributed by atoms with van der Waals surface area (Å²) < 4.78 is 37.1.